The lowest BCUT2D eigenvalue weighted by atomic mass is 10.1. The quantitative estimate of drug-likeness (QED) is 0.402. The number of halogens is 1. The maximum absolute atomic E-state index is 13.0. The molecule has 0 aliphatic carbocycles. The lowest BCUT2D eigenvalue weighted by Crippen LogP contribution is -1.98. The van der Waals surface area contributed by atoms with E-state index in [2.05, 4.69) is 23.0 Å². The van der Waals surface area contributed by atoms with Gasteiger partial charge in [0.2, 0.25) is 5.88 Å². The molecule has 0 aliphatic heterocycles. The Labute approximate surface area is 157 Å². The first-order chi connectivity index (χ1) is 12.5. The molecule has 0 bridgehead atoms. The third-order valence-corrected chi connectivity index (χ3v) is 4.71. The SMILES string of the molecule is CCc1cc(Oc2cc(C)cc(C)c2)nc(SCc2ccc(F)cc2)n1. The van der Waals surface area contributed by atoms with Gasteiger partial charge < -0.3 is 4.74 Å². The van der Waals surface area contributed by atoms with Crippen LogP contribution in [0.4, 0.5) is 4.39 Å². The number of nitrogens with zero attached hydrogens (tertiary/aromatic N) is 2. The van der Waals surface area contributed by atoms with E-state index in [4.69, 9.17) is 4.74 Å². The molecule has 2 aromatic carbocycles. The van der Waals surface area contributed by atoms with Crippen molar-refractivity contribution in [1.29, 1.82) is 0 Å². The van der Waals surface area contributed by atoms with Crippen LogP contribution >= 0.6 is 11.8 Å². The highest BCUT2D eigenvalue weighted by Gasteiger charge is 2.08. The molecule has 3 nitrogen and oxygen atoms in total. The molecule has 1 aromatic heterocycles. The fourth-order valence-corrected chi connectivity index (χ4v) is 3.41. The number of hydrogen-bond acceptors (Lipinski definition) is 4. The van der Waals surface area contributed by atoms with Crippen molar-refractivity contribution in [3.05, 3.63) is 76.7 Å². The largest absolute Gasteiger partial charge is 0.439 e. The van der Waals surface area contributed by atoms with Gasteiger partial charge in [0.1, 0.15) is 11.6 Å². The number of benzene rings is 2. The van der Waals surface area contributed by atoms with E-state index >= 15 is 0 Å². The van der Waals surface area contributed by atoms with Gasteiger partial charge in [0, 0.05) is 17.5 Å². The van der Waals surface area contributed by atoms with Crippen LogP contribution in [0.1, 0.15) is 29.3 Å². The molecule has 134 valence electrons. The average molecular weight is 368 g/mol. The molecule has 0 fully saturated rings. The fraction of sp³-hybridized carbons (Fsp3) is 0.238. The van der Waals surface area contributed by atoms with E-state index in [1.807, 2.05) is 32.0 Å². The topological polar surface area (TPSA) is 35.0 Å². The Hall–Kier alpha value is -2.40. The van der Waals surface area contributed by atoms with Gasteiger partial charge in [-0.05, 0) is 61.2 Å². The Morgan fingerprint density at radius 1 is 0.962 bits per heavy atom. The number of rotatable bonds is 6. The fourth-order valence-electron chi connectivity index (χ4n) is 2.59. The Kier molecular flexibility index (Phi) is 5.89. The van der Waals surface area contributed by atoms with Gasteiger partial charge >= 0.3 is 0 Å². The van der Waals surface area contributed by atoms with Crippen LogP contribution in [0.5, 0.6) is 11.6 Å². The summed E-state index contributed by atoms with van der Waals surface area (Å²) in [7, 11) is 0. The minimum absolute atomic E-state index is 0.230. The highest BCUT2D eigenvalue weighted by atomic mass is 32.2. The maximum atomic E-state index is 13.0. The van der Waals surface area contributed by atoms with Gasteiger partial charge in [0.25, 0.3) is 0 Å². The smallest absolute Gasteiger partial charge is 0.223 e. The van der Waals surface area contributed by atoms with Crippen molar-refractivity contribution < 1.29 is 9.13 Å². The van der Waals surface area contributed by atoms with Crippen molar-refractivity contribution in [2.24, 2.45) is 0 Å². The molecule has 0 N–H and O–H groups in total. The average Bonchev–Trinajstić information content (AvgIpc) is 2.60. The highest BCUT2D eigenvalue weighted by Crippen LogP contribution is 2.26. The summed E-state index contributed by atoms with van der Waals surface area (Å²) in [6.45, 7) is 6.14. The molecular formula is C21H21FN2OS. The summed E-state index contributed by atoms with van der Waals surface area (Å²) in [5.74, 6) is 1.77. The Morgan fingerprint density at radius 3 is 2.31 bits per heavy atom. The predicted molar refractivity (Wildman–Crippen MR) is 103 cm³/mol. The number of hydrogen-bond donors (Lipinski definition) is 0. The molecule has 3 rings (SSSR count). The van der Waals surface area contributed by atoms with E-state index in [1.165, 1.54) is 23.9 Å². The predicted octanol–water partition coefficient (Wildman–Crippen LogP) is 5.88. The first kappa shape index (κ1) is 18.4. The minimum atomic E-state index is -0.230. The Bertz CT molecular complexity index is 877. The van der Waals surface area contributed by atoms with Crippen LogP contribution in [0.25, 0.3) is 0 Å². The molecule has 0 saturated heterocycles. The van der Waals surface area contributed by atoms with E-state index in [1.54, 1.807) is 12.1 Å². The molecule has 0 spiro atoms. The lowest BCUT2D eigenvalue weighted by molar-refractivity contribution is 0.453. The van der Waals surface area contributed by atoms with Crippen molar-refractivity contribution in [1.82, 2.24) is 9.97 Å². The Morgan fingerprint density at radius 2 is 1.65 bits per heavy atom. The van der Waals surface area contributed by atoms with Crippen LogP contribution in [0.3, 0.4) is 0 Å². The van der Waals surface area contributed by atoms with Crippen LogP contribution in [0.15, 0.2) is 53.7 Å². The van der Waals surface area contributed by atoms with Gasteiger partial charge in [0.15, 0.2) is 5.16 Å². The first-order valence-corrected chi connectivity index (χ1v) is 9.52. The zero-order chi connectivity index (χ0) is 18.5. The second kappa shape index (κ2) is 8.32. The molecule has 1 heterocycles. The molecule has 0 radical (unpaired) electrons. The van der Waals surface area contributed by atoms with Crippen molar-refractivity contribution in [3.63, 3.8) is 0 Å². The zero-order valence-electron chi connectivity index (χ0n) is 15.1. The molecular weight excluding hydrogens is 347 g/mol. The van der Waals surface area contributed by atoms with Crippen molar-refractivity contribution >= 4 is 11.8 Å². The van der Waals surface area contributed by atoms with Crippen LogP contribution in [-0.4, -0.2) is 9.97 Å². The third-order valence-electron chi connectivity index (χ3n) is 3.80. The third kappa shape index (κ3) is 5.05. The van der Waals surface area contributed by atoms with E-state index in [9.17, 15) is 4.39 Å². The molecule has 3 aromatic rings. The summed E-state index contributed by atoms with van der Waals surface area (Å²) in [6.07, 6.45) is 0.801. The summed E-state index contributed by atoms with van der Waals surface area (Å²) in [4.78, 5) is 9.08. The van der Waals surface area contributed by atoms with E-state index in [-0.39, 0.29) is 5.82 Å². The van der Waals surface area contributed by atoms with E-state index in [0.29, 0.717) is 16.8 Å². The molecule has 0 saturated carbocycles. The molecule has 0 aliphatic rings. The zero-order valence-corrected chi connectivity index (χ0v) is 15.9. The highest BCUT2D eigenvalue weighted by molar-refractivity contribution is 7.98. The standard InChI is InChI=1S/C21H21FN2OS/c1-4-18-12-20(25-19-10-14(2)9-15(3)11-19)24-21(23-18)26-13-16-5-7-17(22)8-6-16/h5-12H,4,13H2,1-3H3. The molecule has 0 unspecified atom stereocenters. The van der Waals surface area contributed by atoms with Gasteiger partial charge in [0.05, 0.1) is 0 Å². The van der Waals surface area contributed by atoms with Crippen LogP contribution < -0.4 is 4.74 Å². The van der Waals surface area contributed by atoms with Crippen molar-refractivity contribution in [2.45, 2.75) is 38.1 Å². The number of aryl methyl sites for hydroxylation is 3. The Balaban J connectivity index is 1.78. The lowest BCUT2D eigenvalue weighted by Gasteiger charge is -2.10. The van der Waals surface area contributed by atoms with Crippen LogP contribution in [0.2, 0.25) is 0 Å². The first-order valence-electron chi connectivity index (χ1n) is 8.53. The van der Waals surface area contributed by atoms with Gasteiger partial charge in [-0.3, -0.25) is 0 Å². The molecule has 0 amide bonds. The van der Waals surface area contributed by atoms with Crippen molar-refractivity contribution in [2.75, 3.05) is 0 Å². The summed E-state index contributed by atoms with van der Waals surface area (Å²) in [5.41, 5.74) is 4.26. The van der Waals surface area contributed by atoms with Gasteiger partial charge in [-0.15, -0.1) is 0 Å². The van der Waals surface area contributed by atoms with Gasteiger partial charge in [-0.25, -0.2) is 9.37 Å². The van der Waals surface area contributed by atoms with Gasteiger partial charge in [-0.1, -0.05) is 36.9 Å². The number of thioether (sulfide) groups is 1. The minimum Gasteiger partial charge on any atom is -0.439 e. The number of aromatic nitrogens is 2. The summed E-state index contributed by atoms with van der Waals surface area (Å²) in [6, 6.07) is 14.4. The normalized spacial score (nSPS) is 10.8. The van der Waals surface area contributed by atoms with E-state index < -0.39 is 0 Å². The monoisotopic (exact) mass is 368 g/mol. The molecule has 5 heteroatoms. The maximum Gasteiger partial charge on any atom is 0.223 e. The second-order valence-corrected chi connectivity index (χ2v) is 7.12. The summed E-state index contributed by atoms with van der Waals surface area (Å²) < 4.78 is 19.0. The second-order valence-electron chi connectivity index (χ2n) is 6.17. The van der Waals surface area contributed by atoms with Crippen LogP contribution in [0, 0.1) is 19.7 Å². The van der Waals surface area contributed by atoms with Crippen LogP contribution in [-0.2, 0) is 12.2 Å². The van der Waals surface area contributed by atoms with Crippen molar-refractivity contribution in [3.8, 4) is 11.6 Å². The molecule has 0 atom stereocenters. The van der Waals surface area contributed by atoms with E-state index in [0.717, 1.165) is 34.6 Å². The number of ether oxygens (including phenoxy) is 1. The van der Waals surface area contributed by atoms with Gasteiger partial charge in [-0.2, -0.15) is 4.98 Å². The summed E-state index contributed by atoms with van der Waals surface area (Å²) in [5, 5.41) is 0.660. The molecule has 26 heavy (non-hydrogen) atoms. The summed E-state index contributed by atoms with van der Waals surface area (Å²) >= 11 is 1.52.